The molecule has 0 aliphatic rings. The zero-order chi connectivity index (χ0) is 7.49. The van der Waals surface area contributed by atoms with Crippen molar-refractivity contribution >= 4 is 0 Å². The number of likely N-dealkylation sites (N-methyl/N-ethyl adjacent to an activating group) is 1. The first-order chi connectivity index (χ1) is 3.98. The second-order valence-electron chi connectivity index (χ2n) is 3.09. The number of hydrogen-bond acceptors (Lipinski definition) is 2. The molecule has 0 spiro atoms. The van der Waals surface area contributed by atoms with Gasteiger partial charge in [-0.15, -0.1) is 0 Å². The minimum atomic E-state index is -0.510. The van der Waals surface area contributed by atoms with Gasteiger partial charge in [0.25, 0.3) is 0 Å². The Hall–Kier alpha value is 0.790. The summed E-state index contributed by atoms with van der Waals surface area (Å²) >= 11 is 0. The van der Waals surface area contributed by atoms with Crippen LogP contribution in [0.5, 0.6) is 0 Å². The Bertz CT molecular complexity index is 83.7. The molecular formula is C7H17HfNO. The van der Waals surface area contributed by atoms with Crippen LogP contribution in [-0.4, -0.2) is 36.2 Å². The van der Waals surface area contributed by atoms with Crippen molar-refractivity contribution in [3.05, 3.63) is 0 Å². The van der Waals surface area contributed by atoms with Crippen LogP contribution in [0.3, 0.4) is 0 Å². The van der Waals surface area contributed by atoms with Crippen molar-refractivity contribution in [2.24, 2.45) is 0 Å². The first-order valence-corrected chi connectivity index (χ1v) is 3.35. The minimum absolute atomic E-state index is 0. The normalized spacial score (nSPS) is 16.2. The van der Waals surface area contributed by atoms with Crippen LogP contribution in [0.25, 0.3) is 0 Å². The van der Waals surface area contributed by atoms with Crippen molar-refractivity contribution in [1.29, 1.82) is 0 Å². The summed E-state index contributed by atoms with van der Waals surface area (Å²) in [4.78, 5) is 1.99. The molecule has 0 fully saturated rings. The van der Waals surface area contributed by atoms with Gasteiger partial charge in [0.2, 0.25) is 0 Å². The molecule has 0 radical (unpaired) electrons. The molecule has 0 aromatic heterocycles. The molecule has 2 nitrogen and oxygen atoms in total. The average molecular weight is 310 g/mol. The van der Waals surface area contributed by atoms with E-state index in [4.69, 9.17) is 0 Å². The van der Waals surface area contributed by atoms with Gasteiger partial charge >= 0.3 is 0 Å². The quantitative estimate of drug-likeness (QED) is 0.776. The third-order valence-corrected chi connectivity index (χ3v) is 1.42. The predicted molar refractivity (Wildman–Crippen MR) is 39.5 cm³/mol. The van der Waals surface area contributed by atoms with Crippen LogP contribution >= 0.6 is 0 Å². The fourth-order valence-corrected chi connectivity index (χ4v) is 0.793. The van der Waals surface area contributed by atoms with Gasteiger partial charge in [0, 0.05) is 32.4 Å². The summed E-state index contributed by atoms with van der Waals surface area (Å²) in [7, 11) is 3.92. The van der Waals surface area contributed by atoms with Gasteiger partial charge in [0.1, 0.15) is 0 Å². The Labute approximate surface area is 82.4 Å². The van der Waals surface area contributed by atoms with E-state index in [0.29, 0.717) is 0 Å². The maximum Gasteiger partial charge on any atom is 0.0743 e. The van der Waals surface area contributed by atoms with E-state index in [9.17, 15) is 5.11 Å². The summed E-state index contributed by atoms with van der Waals surface area (Å²) in [5.41, 5.74) is -0.510. The van der Waals surface area contributed by atoms with E-state index in [1.807, 2.05) is 32.8 Å². The zero-order valence-electron chi connectivity index (χ0n) is 7.31. The number of nitrogens with zero attached hydrogens (tertiary/aromatic N) is 1. The van der Waals surface area contributed by atoms with Crippen LogP contribution in [0.4, 0.5) is 0 Å². The molecule has 3 heteroatoms. The maximum absolute atomic E-state index is 9.45. The van der Waals surface area contributed by atoms with Crippen LogP contribution in [0, 0.1) is 0 Å². The molecule has 10 heavy (non-hydrogen) atoms. The number of aliphatic hydroxyl groups is 1. The summed E-state index contributed by atoms with van der Waals surface area (Å²) in [6.07, 6.45) is 0.811. The van der Waals surface area contributed by atoms with Gasteiger partial charge in [0.15, 0.2) is 0 Å². The number of rotatable bonds is 3. The van der Waals surface area contributed by atoms with E-state index in [-0.39, 0.29) is 25.8 Å². The van der Waals surface area contributed by atoms with Gasteiger partial charge in [-0.2, -0.15) is 0 Å². The van der Waals surface area contributed by atoms with E-state index in [1.165, 1.54) is 0 Å². The molecule has 0 rings (SSSR count). The third-order valence-electron chi connectivity index (χ3n) is 1.42. The summed E-state index contributed by atoms with van der Waals surface area (Å²) in [5.74, 6) is 0. The standard InChI is InChI=1S/C7H17NO.Hf/c1-5-7(2,9)6-8(3)4;/h9H,5-6H2,1-4H3;. The molecule has 60 valence electrons. The molecule has 0 saturated heterocycles. The summed E-state index contributed by atoms with van der Waals surface area (Å²) in [5, 5.41) is 9.45. The fraction of sp³-hybridized carbons (Fsp3) is 1.00. The van der Waals surface area contributed by atoms with Gasteiger partial charge < -0.3 is 10.0 Å². The van der Waals surface area contributed by atoms with Crippen molar-refractivity contribution < 1.29 is 30.9 Å². The molecule has 0 amide bonds. The van der Waals surface area contributed by atoms with Crippen molar-refractivity contribution in [3.63, 3.8) is 0 Å². The SMILES string of the molecule is CCC(C)(O)CN(C)C.[Hf]. The van der Waals surface area contributed by atoms with E-state index < -0.39 is 5.60 Å². The topological polar surface area (TPSA) is 23.5 Å². The van der Waals surface area contributed by atoms with Gasteiger partial charge in [-0.1, -0.05) is 6.92 Å². The Morgan fingerprint density at radius 2 is 1.80 bits per heavy atom. The zero-order valence-corrected chi connectivity index (χ0v) is 10.9. The Balaban J connectivity index is 0. The Kier molecular flexibility index (Phi) is 7.28. The van der Waals surface area contributed by atoms with Crippen molar-refractivity contribution in [3.8, 4) is 0 Å². The van der Waals surface area contributed by atoms with Gasteiger partial charge in [-0.05, 0) is 27.4 Å². The van der Waals surface area contributed by atoms with E-state index in [2.05, 4.69) is 0 Å². The summed E-state index contributed by atoms with van der Waals surface area (Å²) in [6.45, 7) is 4.58. The van der Waals surface area contributed by atoms with Gasteiger partial charge in [-0.3, -0.25) is 0 Å². The fourth-order valence-electron chi connectivity index (χ4n) is 0.793. The van der Waals surface area contributed by atoms with Crippen LogP contribution in [0.1, 0.15) is 20.3 Å². The Morgan fingerprint density at radius 1 is 1.40 bits per heavy atom. The molecule has 1 N–H and O–H groups in total. The van der Waals surface area contributed by atoms with Crippen LogP contribution < -0.4 is 0 Å². The molecule has 1 atom stereocenters. The maximum atomic E-state index is 9.45. The van der Waals surface area contributed by atoms with Crippen LogP contribution in [0.15, 0.2) is 0 Å². The van der Waals surface area contributed by atoms with Crippen molar-refractivity contribution in [2.75, 3.05) is 20.6 Å². The van der Waals surface area contributed by atoms with Crippen molar-refractivity contribution in [2.45, 2.75) is 25.9 Å². The van der Waals surface area contributed by atoms with Crippen LogP contribution in [0.2, 0.25) is 0 Å². The Morgan fingerprint density at radius 3 is 1.90 bits per heavy atom. The largest absolute Gasteiger partial charge is 0.389 e. The van der Waals surface area contributed by atoms with Gasteiger partial charge in [-0.25, -0.2) is 0 Å². The first kappa shape index (κ1) is 13.4. The molecule has 0 aromatic carbocycles. The molecule has 0 aliphatic carbocycles. The molecule has 0 aromatic rings. The third kappa shape index (κ3) is 6.90. The van der Waals surface area contributed by atoms with E-state index >= 15 is 0 Å². The first-order valence-electron chi connectivity index (χ1n) is 3.35. The molecular weight excluding hydrogens is 293 g/mol. The summed E-state index contributed by atoms with van der Waals surface area (Å²) in [6, 6.07) is 0. The van der Waals surface area contributed by atoms with E-state index in [1.54, 1.807) is 0 Å². The average Bonchev–Trinajstić information content (AvgIpc) is 1.63. The molecule has 0 saturated carbocycles. The minimum Gasteiger partial charge on any atom is -0.389 e. The smallest absolute Gasteiger partial charge is 0.0743 e. The second-order valence-corrected chi connectivity index (χ2v) is 3.09. The molecule has 0 aliphatic heterocycles. The predicted octanol–water partition coefficient (Wildman–Crippen LogP) is 0.707. The second kappa shape index (κ2) is 5.44. The van der Waals surface area contributed by atoms with Crippen molar-refractivity contribution in [1.82, 2.24) is 4.90 Å². The molecule has 1 unspecified atom stereocenters. The number of hydrogen-bond donors (Lipinski definition) is 1. The van der Waals surface area contributed by atoms with E-state index in [0.717, 1.165) is 13.0 Å². The molecule has 0 heterocycles. The summed E-state index contributed by atoms with van der Waals surface area (Å²) < 4.78 is 0. The molecule has 0 bridgehead atoms. The van der Waals surface area contributed by atoms with Crippen LogP contribution in [-0.2, 0) is 25.8 Å². The van der Waals surface area contributed by atoms with Gasteiger partial charge in [0.05, 0.1) is 5.60 Å². The monoisotopic (exact) mass is 311 g/mol.